The van der Waals surface area contributed by atoms with E-state index in [2.05, 4.69) is 4.74 Å². The third-order valence-corrected chi connectivity index (χ3v) is 2.08. The van der Waals surface area contributed by atoms with E-state index >= 15 is 0 Å². The minimum absolute atomic E-state index is 0.147. The van der Waals surface area contributed by atoms with Gasteiger partial charge in [-0.1, -0.05) is 20.8 Å². The molecule has 1 aliphatic heterocycles. The van der Waals surface area contributed by atoms with Crippen LogP contribution in [-0.2, 0) is 4.74 Å². The lowest BCUT2D eigenvalue weighted by atomic mass is 9.87. The van der Waals surface area contributed by atoms with Gasteiger partial charge in [0.05, 0.1) is 6.04 Å². The SMILES string of the molecule is CC(C)(C)C1COC(=O)N1C(=O)O. The molecule has 0 aromatic rings. The van der Waals surface area contributed by atoms with Crippen LogP contribution in [0.5, 0.6) is 0 Å². The largest absolute Gasteiger partial charge is 0.465 e. The van der Waals surface area contributed by atoms with Gasteiger partial charge in [0.25, 0.3) is 0 Å². The molecule has 2 amide bonds. The van der Waals surface area contributed by atoms with E-state index in [-0.39, 0.29) is 12.0 Å². The molecule has 0 aliphatic carbocycles. The van der Waals surface area contributed by atoms with Crippen LogP contribution >= 0.6 is 0 Å². The Morgan fingerprint density at radius 3 is 2.46 bits per heavy atom. The molecular weight excluding hydrogens is 174 g/mol. The fourth-order valence-corrected chi connectivity index (χ4v) is 1.27. The number of carboxylic acid groups (broad SMARTS) is 1. The summed E-state index contributed by atoms with van der Waals surface area (Å²) in [7, 11) is 0. The molecule has 1 saturated heterocycles. The molecule has 0 radical (unpaired) electrons. The van der Waals surface area contributed by atoms with E-state index in [9.17, 15) is 9.59 Å². The van der Waals surface area contributed by atoms with Gasteiger partial charge in [-0.05, 0) is 5.41 Å². The van der Waals surface area contributed by atoms with Gasteiger partial charge in [-0.3, -0.25) is 0 Å². The van der Waals surface area contributed by atoms with Gasteiger partial charge in [-0.15, -0.1) is 0 Å². The smallest absolute Gasteiger partial charge is 0.419 e. The van der Waals surface area contributed by atoms with E-state index < -0.39 is 18.2 Å². The lowest BCUT2D eigenvalue weighted by molar-refractivity contribution is 0.119. The molecule has 1 unspecified atom stereocenters. The van der Waals surface area contributed by atoms with Gasteiger partial charge < -0.3 is 9.84 Å². The number of amides is 2. The third-order valence-electron chi connectivity index (χ3n) is 2.08. The molecule has 0 saturated carbocycles. The quantitative estimate of drug-likeness (QED) is 0.624. The van der Waals surface area contributed by atoms with Crippen LogP contribution in [0.15, 0.2) is 0 Å². The Hall–Kier alpha value is -1.26. The van der Waals surface area contributed by atoms with Crippen LogP contribution in [0.1, 0.15) is 20.8 Å². The van der Waals surface area contributed by atoms with Crippen LogP contribution in [0, 0.1) is 5.41 Å². The first-order valence-corrected chi connectivity index (χ1v) is 4.03. The summed E-state index contributed by atoms with van der Waals surface area (Å²) in [6, 6.07) is -0.391. The monoisotopic (exact) mass is 187 g/mol. The highest BCUT2D eigenvalue weighted by Crippen LogP contribution is 2.29. The third kappa shape index (κ3) is 1.74. The lowest BCUT2D eigenvalue weighted by Crippen LogP contribution is -2.45. The van der Waals surface area contributed by atoms with Crippen molar-refractivity contribution in [3.05, 3.63) is 0 Å². The Bertz CT molecular complexity index is 243. The number of rotatable bonds is 0. The van der Waals surface area contributed by atoms with Gasteiger partial charge >= 0.3 is 12.2 Å². The average Bonchev–Trinajstić information content (AvgIpc) is 2.28. The number of carbonyl (C=O) groups is 2. The van der Waals surface area contributed by atoms with Crippen LogP contribution < -0.4 is 0 Å². The zero-order valence-corrected chi connectivity index (χ0v) is 7.90. The van der Waals surface area contributed by atoms with E-state index in [0.29, 0.717) is 0 Å². The van der Waals surface area contributed by atoms with Gasteiger partial charge in [0.15, 0.2) is 0 Å². The predicted octanol–water partition coefficient (Wildman–Crippen LogP) is 1.53. The summed E-state index contributed by atoms with van der Waals surface area (Å²) < 4.78 is 4.67. The Kier molecular flexibility index (Phi) is 2.19. The number of nitrogens with zero attached hydrogens (tertiary/aromatic N) is 1. The van der Waals surface area contributed by atoms with Gasteiger partial charge in [0, 0.05) is 0 Å². The Morgan fingerprint density at radius 1 is 1.62 bits per heavy atom. The molecule has 0 bridgehead atoms. The summed E-state index contributed by atoms with van der Waals surface area (Å²) in [6.07, 6.45) is -2.02. The van der Waals surface area contributed by atoms with E-state index in [4.69, 9.17) is 5.11 Å². The van der Waals surface area contributed by atoms with Crippen molar-refractivity contribution in [2.45, 2.75) is 26.8 Å². The summed E-state index contributed by atoms with van der Waals surface area (Å²) in [5.74, 6) is 0. The van der Waals surface area contributed by atoms with Crippen LogP contribution in [0.4, 0.5) is 9.59 Å². The zero-order valence-electron chi connectivity index (χ0n) is 7.90. The molecule has 0 aromatic heterocycles. The van der Waals surface area contributed by atoms with Crippen LogP contribution in [0.25, 0.3) is 0 Å². The number of ether oxygens (including phenoxy) is 1. The number of hydrogen-bond donors (Lipinski definition) is 1. The molecule has 13 heavy (non-hydrogen) atoms. The topological polar surface area (TPSA) is 66.8 Å². The van der Waals surface area contributed by atoms with E-state index in [0.717, 1.165) is 4.90 Å². The number of cyclic esters (lactones) is 1. The molecule has 1 N–H and O–H groups in total. The van der Waals surface area contributed by atoms with E-state index in [1.165, 1.54) is 0 Å². The highest BCUT2D eigenvalue weighted by atomic mass is 16.6. The second-order valence-electron chi connectivity index (χ2n) is 4.11. The highest BCUT2D eigenvalue weighted by Gasteiger charge is 2.44. The lowest BCUT2D eigenvalue weighted by Gasteiger charge is -2.28. The van der Waals surface area contributed by atoms with Crippen LogP contribution in [0.3, 0.4) is 0 Å². The van der Waals surface area contributed by atoms with Crippen molar-refractivity contribution in [2.75, 3.05) is 6.61 Å². The first kappa shape index (κ1) is 9.83. The summed E-state index contributed by atoms with van der Waals surface area (Å²) in [5.41, 5.74) is -0.287. The van der Waals surface area contributed by atoms with Crippen molar-refractivity contribution in [3.63, 3.8) is 0 Å². The fourth-order valence-electron chi connectivity index (χ4n) is 1.27. The number of hydrogen-bond acceptors (Lipinski definition) is 3. The predicted molar refractivity (Wildman–Crippen MR) is 44.5 cm³/mol. The summed E-state index contributed by atoms with van der Waals surface area (Å²) in [4.78, 5) is 22.4. The average molecular weight is 187 g/mol. The first-order chi connectivity index (χ1) is 5.84. The molecular formula is C8H13NO4. The molecule has 1 atom stereocenters. The summed E-state index contributed by atoms with van der Waals surface area (Å²) in [5, 5.41) is 8.74. The maximum atomic E-state index is 11.0. The van der Waals surface area contributed by atoms with Crippen molar-refractivity contribution in [3.8, 4) is 0 Å². The van der Waals surface area contributed by atoms with E-state index in [1.807, 2.05) is 20.8 Å². The molecule has 1 heterocycles. The van der Waals surface area contributed by atoms with Crippen LogP contribution in [0.2, 0.25) is 0 Å². The second kappa shape index (κ2) is 2.90. The number of carbonyl (C=O) groups excluding carboxylic acids is 1. The maximum absolute atomic E-state index is 11.0. The molecule has 5 heteroatoms. The maximum Gasteiger partial charge on any atom is 0.419 e. The normalized spacial score (nSPS) is 23.2. The standard InChI is InChI=1S/C8H13NO4/c1-8(2,3)5-4-13-7(12)9(5)6(10)11/h5H,4H2,1-3H3,(H,10,11). The van der Waals surface area contributed by atoms with Gasteiger partial charge in [0.2, 0.25) is 0 Å². The minimum Gasteiger partial charge on any atom is -0.465 e. The fraction of sp³-hybridized carbons (Fsp3) is 0.750. The Balaban J connectivity index is 2.88. The molecule has 0 spiro atoms. The van der Waals surface area contributed by atoms with Crippen molar-refractivity contribution >= 4 is 12.2 Å². The molecule has 5 nitrogen and oxygen atoms in total. The molecule has 1 aliphatic rings. The summed E-state index contributed by atoms with van der Waals surface area (Å²) >= 11 is 0. The van der Waals surface area contributed by atoms with Crippen LogP contribution in [-0.4, -0.2) is 34.8 Å². The van der Waals surface area contributed by atoms with Crippen molar-refractivity contribution in [1.29, 1.82) is 0 Å². The molecule has 0 aromatic carbocycles. The Labute approximate surface area is 76.3 Å². The minimum atomic E-state index is -1.25. The van der Waals surface area contributed by atoms with Gasteiger partial charge in [-0.25, -0.2) is 14.5 Å². The zero-order chi connectivity index (χ0) is 10.2. The second-order valence-corrected chi connectivity index (χ2v) is 4.11. The van der Waals surface area contributed by atoms with Crippen molar-refractivity contribution < 1.29 is 19.4 Å². The molecule has 1 fully saturated rings. The van der Waals surface area contributed by atoms with Crippen molar-refractivity contribution in [2.24, 2.45) is 5.41 Å². The number of imide groups is 1. The van der Waals surface area contributed by atoms with E-state index in [1.54, 1.807) is 0 Å². The van der Waals surface area contributed by atoms with Crippen molar-refractivity contribution in [1.82, 2.24) is 4.90 Å². The molecule has 1 rings (SSSR count). The summed E-state index contributed by atoms with van der Waals surface area (Å²) in [6.45, 7) is 5.76. The van der Waals surface area contributed by atoms with Gasteiger partial charge in [-0.2, -0.15) is 0 Å². The Morgan fingerprint density at radius 2 is 2.15 bits per heavy atom. The molecule has 74 valence electrons. The highest BCUT2D eigenvalue weighted by molar-refractivity contribution is 5.88. The van der Waals surface area contributed by atoms with Gasteiger partial charge in [0.1, 0.15) is 6.61 Å². The first-order valence-electron chi connectivity index (χ1n) is 4.03.